The molecule has 34 heavy (non-hydrogen) atoms. The number of rotatable bonds is 3. The van der Waals surface area contributed by atoms with Crippen molar-refractivity contribution in [2.24, 2.45) is 5.92 Å². The molecule has 5 rings (SSSR count). The molecule has 2 aromatic rings. The van der Waals surface area contributed by atoms with Gasteiger partial charge in [0.05, 0.1) is 24.5 Å². The minimum absolute atomic E-state index is 0.0439. The van der Waals surface area contributed by atoms with E-state index in [0.717, 1.165) is 42.7 Å². The molecule has 0 bridgehead atoms. The fraction of sp³-hybridized carbons (Fsp3) is 0.423. The molecular weight excluding hydrogens is 432 g/mol. The second-order valence-corrected chi connectivity index (χ2v) is 9.24. The van der Waals surface area contributed by atoms with Crippen molar-refractivity contribution in [2.75, 3.05) is 49.6 Å². The standard InChI is InChI=1S/C26H30N4O4/c1-17-16-29(25(32)20-7-8-20)23-15-21(9-10-22(23)30(17)26(33)34-2)18-3-5-19(6-4-18)24(31)28-13-11-27-12-14-28/h3-6,9-10,15,17,20,27H,7-8,11-14,16H2,1-2H3/t17-/m0/s1. The molecule has 2 aliphatic heterocycles. The van der Waals surface area contributed by atoms with Gasteiger partial charge >= 0.3 is 6.09 Å². The van der Waals surface area contributed by atoms with Crippen LogP contribution in [0.15, 0.2) is 42.5 Å². The Kier molecular flexibility index (Phi) is 6.00. The number of anilines is 2. The minimum Gasteiger partial charge on any atom is -0.452 e. The first-order valence-electron chi connectivity index (χ1n) is 11.9. The van der Waals surface area contributed by atoms with Crippen LogP contribution in [0.5, 0.6) is 0 Å². The van der Waals surface area contributed by atoms with Crippen LogP contribution in [0.2, 0.25) is 0 Å². The normalized spacial score (nSPS) is 20.1. The van der Waals surface area contributed by atoms with Gasteiger partial charge in [0.25, 0.3) is 5.91 Å². The van der Waals surface area contributed by atoms with Gasteiger partial charge in [-0.05, 0) is 55.2 Å². The number of benzene rings is 2. The van der Waals surface area contributed by atoms with Gasteiger partial charge in [0.15, 0.2) is 0 Å². The Hall–Kier alpha value is -3.39. The highest BCUT2D eigenvalue weighted by Gasteiger charge is 2.40. The van der Waals surface area contributed by atoms with Crippen molar-refractivity contribution < 1.29 is 19.1 Å². The molecule has 3 aliphatic rings. The van der Waals surface area contributed by atoms with Gasteiger partial charge in [-0.15, -0.1) is 0 Å². The zero-order valence-electron chi connectivity index (χ0n) is 19.6. The maximum Gasteiger partial charge on any atom is 0.414 e. The molecule has 1 saturated carbocycles. The first-order chi connectivity index (χ1) is 16.5. The van der Waals surface area contributed by atoms with Crippen molar-refractivity contribution in [3.63, 3.8) is 0 Å². The lowest BCUT2D eigenvalue weighted by Gasteiger charge is -2.40. The maximum atomic E-state index is 13.1. The summed E-state index contributed by atoms with van der Waals surface area (Å²) in [5.41, 5.74) is 3.93. The van der Waals surface area contributed by atoms with Gasteiger partial charge in [-0.3, -0.25) is 14.5 Å². The highest BCUT2D eigenvalue weighted by molar-refractivity contribution is 6.05. The summed E-state index contributed by atoms with van der Waals surface area (Å²) in [5, 5.41) is 3.26. The van der Waals surface area contributed by atoms with Crippen LogP contribution >= 0.6 is 0 Å². The molecule has 0 radical (unpaired) electrons. The third kappa shape index (κ3) is 4.14. The van der Waals surface area contributed by atoms with Crippen LogP contribution in [0.25, 0.3) is 11.1 Å². The second kappa shape index (κ2) is 9.10. The van der Waals surface area contributed by atoms with Crippen molar-refractivity contribution in [1.82, 2.24) is 10.2 Å². The van der Waals surface area contributed by atoms with Crippen molar-refractivity contribution >= 4 is 29.3 Å². The molecule has 2 aromatic carbocycles. The Labute approximate surface area is 199 Å². The third-order valence-electron chi connectivity index (χ3n) is 6.85. The van der Waals surface area contributed by atoms with Crippen molar-refractivity contribution in [3.05, 3.63) is 48.0 Å². The van der Waals surface area contributed by atoms with Crippen molar-refractivity contribution in [3.8, 4) is 11.1 Å². The Morgan fingerprint density at radius 1 is 0.941 bits per heavy atom. The summed E-state index contributed by atoms with van der Waals surface area (Å²) in [4.78, 5) is 43.7. The molecule has 2 heterocycles. The summed E-state index contributed by atoms with van der Waals surface area (Å²) in [6.45, 7) is 5.41. The van der Waals surface area contributed by atoms with E-state index >= 15 is 0 Å². The fourth-order valence-electron chi connectivity index (χ4n) is 4.80. The summed E-state index contributed by atoms with van der Waals surface area (Å²) in [6, 6.07) is 13.2. The smallest absolute Gasteiger partial charge is 0.414 e. The van der Waals surface area contributed by atoms with Crippen LogP contribution < -0.4 is 15.1 Å². The van der Waals surface area contributed by atoms with Crippen LogP contribution in [-0.2, 0) is 9.53 Å². The number of piperazine rings is 1. The molecule has 1 aliphatic carbocycles. The van der Waals surface area contributed by atoms with Gasteiger partial charge < -0.3 is 19.9 Å². The highest BCUT2D eigenvalue weighted by atomic mass is 16.5. The maximum absolute atomic E-state index is 13.1. The van der Waals surface area contributed by atoms with E-state index < -0.39 is 6.09 Å². The predicted octanol–water partition coefficient (Wildman–Crippen LogP) is 3.12. The van der Waals surface area contributed by atoms with Crippen molar-refractivity contribution in [2.45, 2.75) is 25.8 Å². The van der Waals surface area contributed by atoms with Gasteiger partial charge in [0.2, 0.25) is 5.91 Å². The molecule has 1 saturated heterocycles. The second-order valence-electron chi connectivity index (χ2n) is 9.24. The SMILES string of the molecule is COC(=O)N1c2ccc(-c3ccc(C(=O)N4CCNCC4)cc3)cc2N(C(=O)C2CC2)C[C@@H]1C. The number of fused-ring (bicyclic) bond motifs is 1. The molecule has 1 atom stereocenters. The lowest BCUT2D eigenvalue weighted by molar-refractivity contribution is -0.119. The number of nitrogens with one attached hydrogen (secondary N) is 1. The summed E-state index contributed by atoms with van der Waals surface area (Å²) in [7, 11) is 1.37. The number of nitrogens with zero attached hydrogens (tertiary/aromatic N) is 3. The Bertz CT molecular complexity index is 1110. The summed E-state index contributed by atoms with van der Waals surface area (Å²) in [6.07, 6.45) is 1.40. The van der Waals surface area contributed by atoms with Crippen LogP contribution in [0.4, 0.5) is 16.2 Å². The van der Waals surface area contributed by atoms with E-state index in [1.807, 2.05) is 59.2 Å². The number of carbonyl (C=O) groups is 3. The van der Waals surface area contributed by atoms with Crippen LogP contribution in [0.1, 0.15) is 30.1 Å². The summed E-state index contributed by atoms with van der Waals surface area (Å²) >= 11 is 0. The predicted molar refractivity (Wildman–Crippen MR) is 130 cm³/mol. The molecule has 1 N–H and O–H groups in total. The first-order valence-corrected chi connectivity index (χ1v) is 11.9. The lowest BCUT2D eigenvalue weighted by atomic mass is 9.99. The van der Waals surface area contributed by atoms with E-state index in [1.54, 1.807) is 4.90 Å². The van der Waals surface area contributed by atoms with Crippen LogP contribution in [0, 0.1) is 5.92 Å². The lowest BCUT2D eigenvalue weighted by Crippen LogP contribution is -2.52. The number of hydrogen-bond acceptors (Lipinski definition) is 5. The van der Waals surface area contributed by atoms with E-state index in [0.29, 0.717) is 30.9 Å². The number of hydrogen-bond donors (Lipinski definition) is 1. The molecule has 8 heteroatoms. The average Bonchev–Trinajstić information content (AvgIpc) is 3.73. The molecular formula is C26H30N4O4. The molecule has 8 nitrogen and oxygen atoms in total. The summed E-state index contributed by atoms with van der Waals surface area (Å²) < 4.78 is 5.02. The largest absolute Gasteiger partial charge is 0.452 e. The number of carbonyl (C=O) groups excluding carboxylic acids is 3. The van der Waals surface area contributed by atoms with E-state index in [9.17, 15) is 14.4 Å². The molecule has 0 aromatic heterocycles. The van der Waals surface area contributed by atoms with E-state index in [2.05, 4.69) is 5.32 Å². The van der Waals surface area contributed by atoms with Gasteiger partial charge in [-0.25, -0.2) is 4.79 Å². The summed E-state index contributed by atoms with van der Waals surface area (Å²) in [5.74, 6) is 0.234. The molecule has 3 amide bonds. The molecule has 0 unspecified atom stereocenters. The van der Waals surface area contributed by atoms with E-state index in [4.69, 9.17) is 4.74 Å². The van der Waals surface area contributed by atoms with E-state index in [-0.39, 0.29) is 23.8 Å². The van der Waals surface area contributed by atoms with Crippen LogP contribution in [0.3, 0.4) is 0 Å². The Morgan fingerprint density at radius 3 is 2.26 bits per heavy atom. The topological polar surface area (TPSA) is 82.2 Å². The number of ether oxygens (including phenoxy) is 1. The third-order valence-corrected chi connectivity index (χ3v) is 6.85. The van der Waals surface area contributed by atoms with Gasteiger partial charge in [0.1, 0.15) is 0 Å². The van der Waals surface area contributed by atoms with Gasteiger partial charge in [0, 0.05) is 44.2 Å². The fourth-order valence-corrected chi connectivity index (χ4v) is 4.80. The van der Waals surface area contributed by atoms with Gasteiger partial charge in [-0.1, -0.05) is 18.2 Å². The first kappa shape index (κ1) is 22.4. The number of methoxy groups -OCH3 is 1. The van der Waals surface area contributed by atoms with E-state index in [1.165, 1.54) is 7.11 Å². The highest BCUT2D eigenvalue weighted by Crippen LogP contribution is 2.42. The quantitative estimate of drug-likeness (QED) is 0.758. The Morgan fingerprint density at radius 2 is 1.62 bits per heavy atom. The average molecular weight is 463 g/mol. The molecule has 2 fully saturated rings. The van der Waals surface area contributed by atoms with Gasteiger partial charge in [-0.2, -0.15) is 0 Å². The number of amides is 3. The van der Waals surface area contributed by atoms with Crippen LogP contribution in [-0.4, -0.2) is 68.7 Å². The molecule has 178 valence electrons. The zero-order chi connectivity index (χ0) is 23.8. The zero-order valence-corrected chi connectivity index (χ0v) is 19.6. The Balaban J connectivity index is 1.46. The van der Waals surface area contributed by atoms with Crippen molar-refractivity contribution in [1.29, 1.82) is 0 Å². The molecule has 0 spiro atoms. The minimum atomic E-state index is -0.434. The monoisotopic (exact) mass is 462 g/mol.